The fourth-order valence-corrected chi connectivity index (χ4v) is 2.31. The van der Waals surface area contributed by atoms with Crippen LogP contribution in [0.25, 0.3) is 0 Å². The van der Waals surface area contributed by atoms with E-state index < -0.39 is 0 Å². The van der Waals surface area contributed by atoms with Crippen molar-refractivity contribution in [2.24, 2.45) is 5.73 Å². The maximum Gasteiger partial charge on any atom is 0.0948 e. The number of nitrogens with two attached hydrogens (primary N) is 1. The van der Waals surface area contributed by atoms with Gasteiger partial charge in [-0.1, -0.05) is 0 Å². The molecule has 0 radical (unpaired) electrons. The second-order valence-corrected chi connectivity index (χ2v) is 4.79. The number of hydrogen-bond acceptors (Lipinski definition) is 4. The molecule has 0 amide bonds. The molecule has 2 aromatic rings. The van der Waals surface area contributed by atoms with Gasteiger partial charge in [0.1, 0.15) is 0 Å². The van der Waals surface area contributed by atoms with Gasteiger partial charge in [-0.05, 0) is 13.5 Å². The fraction of sp³-hybridized carbons (Fsp3) is 0.455. The molecule has 0 aliphatic carbocycles. The summed E-state index contributed by atoms with van der Waals surface area (Å²) in [6.45, 7) is 3.63. The zero-order valence-electron chi connectivity index (χ0n) is 9.39. The standard InChI is InChI=1S/C11H16N4S/c1-9-14-10(7-16-9)3-5-15-8-13-6-11(15)2-4-12/h6-8H,2-5,12H2,1H3. The molecule has 2 aromatic heterocycles. The van der Waals surface area contributed by atoms with Gasteiger partial charge in [0, 0.05) is 36.7 Å². The number of thiazole rings is 1. The molecule has 2 heterocycles. The van der Waals surface area contributed by atoms with E-state index in [1.165, 1.54) is 5.69 Å². The number of imidazole rings is 1. The lowest BCUT2D eigenvalue weighted by atomic mass is 10.3. The number of nitrogens with zero attached hydrogens (tertiary/aromatic N) is 3. The number of aromatic nitrogens is 3. The maximum absolute atomic E-state index is 5.55. The van der Waals surface area contributed by atoms with Crippen LogP contribution in [-0.4, -0.2) is 21.1 Å². The van der Waals surface area contributed by atoms with Crippen LogP contribution in [-0.2, 0) is 19.4 Å². The largest absolute Gasteiger partial charge is 0.334 e. The number of hydrogen-bond donors (Lipinski definition) is 1. The van der Waals surface area contributed by atoms with Gasteiger partial charge in [0.05, 0.1) is 17.0 Å². The quantitative estimate of drug-likeness (QED) is 0.853. The Hall–Kier alpha value is -1.20. The molecule has 0 saturated heterocycles. The predicted octanol–water partition coefficient (Wildman–Crippen LogP) is 1.39. The van der Waals surface area contributed by atoms with Crippen molar-refractivity contribution in [3.05, 3.63) is 34.3 Å². The molecule has 2 N–H and O–H groups in total. The van der Waals surface area contributed by atoms with Crippen molar-refractivity contribution >= 4 is 11.3 Å². The molecule has 16 heavy (non-hydrogen) atoms. The Morgan fingerprint density at radius 1 is 1.44 bits per heavy atom. The minimum absolute atomic E-state index is 0.668. The minimum atomic E-state index is 0.668. The topological polar surface area (TPSA) is 56.7 Å². The predicted molar refractivity (Wildman–Crippen MR) is 65.5 cm³/mol. The Morgan fingerprint density at radius 2 is 2.31 bits per heavy atom. The van der Waals surface area contributed by atoms with Gasteiger partial charge < -0.3 is 10.3 Å². The molecule has 0 aromatic carbocycles. The average molecular weight is 236 g/mol. The maximum atomic E-state index is 5.55. The average Bonchev–Trinajstić information content (AvgIpc) is 2.85. The molecule has 2 rings (SSSR count). The first-order valence-electron chi connectivity index (χ1n) is 5.39. The number of rotatable bonds is 5. The van der Waals surface area contributed by atoms with E-state index in [9.17, 15) is 0 Å². The SMILES string of the molecule is Cc1nc(CCn2cncc2CCN)cs1. The molecule has 0 atom stereocenters. The van der Waals surface area contributed by atoms with Crippen molar-refractivity contribution in [2.75, 3.05) is 6.54 Å². The molecule has 0 fully saturated rings. The van der Waals surface area contributed by atoms with Crippen LogP contribution >= 0.6 is 11.3 Å². The smallest absolute Gasteiger partial charge is 0.0948 e. The molecule has 0 aliphatic heterocycles. The van der Waals surface area contributed by atoms with Gasteiger partial charge in [0.15, 0.2) is 0 Å². The van der Waals surface area contributed by atoms with Crippen LogP contribution in [0.2, 0.25) is 0 Å². The van der Waals surface area contributed by atoms with Crippen molar-refractivity contribution < 1.29 is 0 Å². The second-order valence-electron chi connectivity index (χ2n) is 3.72. The second kappa shape index (κ2) is 5.23. The summed E-state index contributed by atoms with van der Waals surface area (Å²) in [6, 6.07) is 0. The van der Waals surface area contributed by atoms with Gasteiger partial charge in [-0.2, -0.15) is 0 Å². The summed E-state index contributed by atoms with van der Waals surface area (Å²) in [6.07, 6.45) is 5.59. The Bertz CT molecular complexity index is 446. The first kappa shape index (κ1) is 11.3. The Balaban J connectivity index is 1.96. The van der Waals surface area contributed by atoms with Crippen molar-refractivity contribution in [3.8, 4) is 0 Å². The zero-order valence-corrected chi connectivity index (χ0v) is 10.2. The zero-order chi connectivity index (χ0) is 11.4. The van der Waals surface area contributed by atoms with Crippen molar-refractivity contribution in [1.29, 1.82) is 0 Å². The molecular formula is C11H16N4S. The van der Waals surface area contributed by atoms with Gasteiger partial charge >= 0.3 is 0 Å². The molecular weight excluding hydrogens is 220 g/mol. The van der Waals surface area contributed by atoms with Gasteiger partial charge in [-0.3, -0.25) is 0 Å². The van der Waals surface area contributed by atoms with Crippen LogP contribution in [0.4, 0.5) is 0 Å². The molecule has 0 unspecified atom stereocenters. The van der Waals surface area contributed by atoms with E-state index in [1.807, 2.05) is 19.4 Å². The molecule has 0 saturated carbocycles. The highest BCUT2D eigenvalue weighted by Gasteiger charge is 2.03. The van der Waals surface area contributed by atoms with E-state index in [0.29, 0.717) is 6.54 Å². The summed E-state index contributed by atoms with van der Waals surface area (Å²) in [4.78, 5) is 8.59. The van der Waals surface area contributed by atoms with E-state index in [2.05, 4.69) is 19.9 Å². The molecule has 86 valence electrons. The van der Waals surface area contributed by atoms with Crippen LogP contribution in [0.1, 0.15) is 16.4 Å². The van der Waals surface area contributed by atoms with Crippen molar-refractivity contribution in [2.45, 2.75) is 26.3 Å². The molecule has 4 nitrogen and oxygen atoms in total. The van der Waals surface area contributed by atoms with E-state index in [0.717, 1.165) is 30.1 Å². The lowest BCUT2D eigenvalue weighted by molar-refractivity contribution is 0.651. The van der Waals surface area contributed by atoms with Crippen LogP contribution in [0, 0.1) is 6.92 Å². The highest BCUT2D eigenvalue weighted by Crippen LogP contribution is 2.10. The summed E-state index contributed by atoms with van der Waals surface area (Å²) in [5.41, 5.74) is 7.91. The normalized spacial score (nSPS) is 10.9. The molecule has 0 bridgehead atoms. The van der Waals surface area contributed by atoms with E-state index in [1.54, 1.807) is 11.3 Å². The highest BCUT2D eigenvalue weighted by molar-refractivity contribution is 7.09. The Morgan fingerprint density at radius 3 is 3.00 bits per heavy atom. The molecule has 0 spiro atoms. The summed E-state index contributed by atoms with van der Waals surface area (Å²) in [5.74, 6) is 0. The van der Waals surface area contributed by atoms with E-state index >= 15 is 0 Å². The van der Waals surface area contributed by atoms with Crippen molar-refractivity contribution in [1.82, 2.24) is 14.5 Å². The lowest BCUT2D eigenvalue weighted by Gasteiger charge is -2.05. The molecule has 5 heteroatoms. The first-order chi connectivity index (χ1) is 7.79. The third-order valence-electron chi connectivity index (χ3n) is 2.47. The highest BCUT2D eigenvalue weighted by atomic mass is 32.1. The van der Waals surface area contributed by atoms with Crippen molar-refractivity contribution in [3.63, 3.8) is 0 Å². The summed E-state index contributed by atoms with van der Waals surface area (Å²) < 4.78 is 2.15. The Kier molecular flexibility index (Phi) is 3.69. The van der Waals surface area contributed by atoms with Gasteiger partial charge in [-0.15, -0.1) is 11.3 Å². The fourth-order valence-electron chi connectivity index (χ4n) is 1.66. The van der Waals surface area contributed by atoms with Gasteiger partial charge in [0.25, 0.3) is 0 Å². The van der Waals surface area contributed by atoms with Crippen LogP contribution in [0.5, 0.6) is 0 Å². The van der Waals surface area contributed by atoms with Gasteiger partial charge in [-0.25, -0.2) is 9.97 Å². The summed E-state index contributed by atoms with van der Waals surface area (Å²) in [7, 11) is 0. The monoisotopic (exact) mass is 236 g/mol. The van der Waals surface area contributed by atoms with Crippen LogP contribution in [0.15, 0.2) is 17.9 Å². The Labute approximate surface area is 99.2 Å². The lowest BCUT2D eigenvalue weighted by Crippen LogP contribution is -2.09. The summed E-state index contributed by atoms with van der Waals surface area (Å²) >= 11 is 1.70. The molecule has 0 aliphatic rings. The third-order valence-corrected chi connectivity index (χ3v) is 3.30. The van der Waals surface area contributed by atoms with E-state index in [4.69, 9.17) is 5.73 Å². The van der Waals surface area contributed by atoms with Crippen LogP contribution < -0.4 is 5.73 Å². The van der Waals surface area contributed by atoms with E-state index in [-0.39, 0.29) is 0 Å². The van der Waals surface area contributed by atoms with Crippen LogP contribution in [0.3, 0.4) is 0 Å². The first-order valence-corrected chi connectivity index (χ1v) is 6.27. The van der Waals surface area contributed by atoms with Gasteiger partial charge in [0.2, 0.25) is 0 Å². The minimum Gasteiger partial charge on any atom is -0.334 e. The summed E-state index contributed by atoms with van der Waals surface area (Å²) in [5, 5.41) is 3.25. The third kappa shape index (κ3) is 2.68. The number of aryl methyl sites for hydroxylation is 3.